The fraction of sp³-hybridized carbons (Fsp3) is 0.556. The van der Waals surface area contributed by atoms with Crippen molar-refractivity contribution in [3.8, 4) is 0 Å². The number of hydrogen-bond donors (Lipinski definition) is 0. The van der Waals surface area contributed by atoms with Crippen LogP contribution in [0.4, 0.5) is 11.4 Å². The lowest BCUT2D eigenvalue weighted by atomic mass is 9.99. The minimum Gasteiger partial charge on any atom is -0.381 e. The second kappa shape index (κ2) is 6.71. The van der Waals surface area contributed by atoms with E-state index in [-0.39, 0.29) is 23.7 Å². The van der Waals surface area contributed by atoms with Crippen LogP contribution in [0.1, 0.15) is 26.7 Å². The first kappa shape index (κ1) is 16.0. The molecule has 0 bridgehead atoms. The molecule has 1 aromatic carbocycles. The molecule has 23 heavy (non-hydrogen) atoms. The summed E-state index contributed by atoms with van der Waals surface area (Å²) in [5.41, 5.74) is 1.66. The molecule has 124 valence electrons. The first-order valence-electron chi connectivity index (χ1n) is 8.34. The van der Waals surface area contributed by atoms with E-state index in [0.29, 0.717) is 19.7 Å². The van der Waals surface area contributed by atoms with Gasteiger partial charge in [0, 0.05) is 26.6 Å². The lowest BCUT2D eigenvalue weighted by Gasteiger charge is -2.30. The van der Waals surface area contributed by atoms with E-state index in [9.17, 15) is 9.59 Å². The summed E-state index contributed by atoms with van der Waals surface area (Å²) in [5, 5.41) is 0. The van der Waals surface area contributed by atoms with Gasteiger partial charge in [0.05, 0.1) is 23.9 Å². The molecule has 1 aromatic rings. The highest BCUT2D eigenvalue weighted by atomic mass is 16.5. The second-order valence-electron chi connectivity index (χ2n) is 6.59. The molecule has 0 radical (unpaired) electrons. The average Bonchev–Trinajstić information content (AvgIpc) is 2.72. The van der Waals surface area contributed by atoms with Gasteiger partial charge in [0.25, 0.3) is 0 Å². The molecular formula is C18H24N2O3. The molecule has 5 heteroatoms. The van der Waals surface area contributed by atoms with Crippen molar-refractivity contribution >= 4 is 23.2 Å². The fourth-order valence-corrected chi connectivity index (χ4v) is 3.46. The van der Waals surface area contributed by atoms with Crippen LogP contribution in [0, 0.1) is 11.8 Å². The molecule has 0 N–H and O–H groups in total. The zero-order chi connectivity index (χ0) is 16.4. The van der Waals surface area contributed by atoms with Crippen LogP contribution in [0.15, 0.2) is 24.3 Å². The number of fused-ring (bicyclic) bond motifs is 1. The first-order valence-corrected chi connectivity index (χ1v) is 8.34. The van der Waals surface area contributed by atoms with Crippen molar-refractivity contribution in [2.75, 3.05) is 36.1 Å². The Morgan fingerprint density at radius 2 is 1.78 bits per heavy atom. The van der Waals surface area contributed by atoms with Gasteiger partial charge < -0.3 is 14.5 Å². The lowest BCUT2D eigenvalue weighted by molar-refractivity contribution is -0.126. The van der Waals surface area contributed by atoms with Crippen molar-refractivity contribution in [2.24, 2.45) is 11.8 Å². The topological polar surface area (TPSA) is 49.9 Å². The van der Waals surface area contributed by atoms with Crippen molar-refractivity contribution in [3.63, 3.8) is 0 Å². The summed E-state index contributed by atoms with van der Waals surface area (Å²) in [6.45, 7) is 6.18. The molecule has 1 saturated heterocycles. The maximum Gasteiger partial charge on any atom is 0.232 e. The second-order valence-corrected chi connectivity index (χ2v) is 6.59. The Kier molecular flexibility index (Phi) is 4.66. The van der Waals surface area contributed by atoms with Gasteiger partial charge in [-0.3, -0.25) is 9.59 Å². The summed E-state index contributed by atoms with van der Waals surface area (Å²) < 4.78 is 5.49. The number of hydrogen-bond acceptors (Lipinski definition) is 3. The smallest absolute Gasteiger partial charge is 0.232 e. The average molecular weight is 316 g/mol. The third-order valence-electron chi connectivity index (χ3n) is 4.61. The predicted molar refractivity (Wildman–Crippen MR) is 89.5 cm³/mol. The number of rotatable bonds is 1. The molecule has 2 amide bonds. The molecule has 2 atom stereocenters. The van der Waals surface area contributed by atoms with E-state index in [0.717, 1.165) is 30.8 Å². The molecule has 0 aliphatic carbocycles. The van der Waals surface area contributed by atoms with E-state index in [1.807, 2.05) is 29.2 Å². The fourth-order valence-electron chi connectivity index (χ4n) is 3.46. The Labute approximate surface area is 137 Å². The Hall–Kier alpha value is -1.88. The van der Waals surface area contributed by atoms with Gasteiger partial charge in [-0.15, -0.1) is 0 Å². The monoisotopic (exact) mass is 316 g/mol. The number of nitrogens with zero attached hydrogens (tertiary/aromatic N) is 2. The van der Waals surface area contributed by atoms with Crippen LogP contribution in [-0.4, -0.2) is 38.1 Å². The largest absolute Gasteiger partial charge is 0.381 e. The van der Waals surface area contributed by atoms with E-state index >= 15 is 0 Å². The standard InChI is InChI=1S/C18H24N2O3/c1-13-10-19(14(2)21)16-7-3-4-8-17(16)20(11-13)18(22)15-6-5-9-23-12-15/h3-4,7-8,13,15H,5-6,9-12H2,1-2H3/t13-,15+/m1/s1. The van der Waals surface area contributed by atoms with Crippen LogP contribution in [0.2, 0.25) is 0 Å². The first-order chi connectivity index (χ1) is 11.1. The van der Waals surface area contributed by atoms with Gasteiger partial charge in [0.2, 0.25) is 11.8 Å². The number of anilines is 2. The molecule has 5 nitrogen and oxygen atoms in total. The lowest BCUT2D eigenvalue weighted by Crippen LogP contribution is -2.41. The van der Waals surface area contributed by atoms with E-state index in [1.54, 1.807) is 11.8 Å². The summed E-state index contributed by atoms with van der Waals surface area (Å²) in [7, 11) is 0. The molecule has 2 aliphatic rings. The molecule has 2 heterocycles. The van der Waals surface area contributed by atoms with Gasteiger partial charge in [0.1, 0.15) is 0 Å². The number of carbonyl (C=O) groups excluding carboxylic acids is 2. The van der Waals surface area contributed by atoms with Gasteiger partial charge in [0.15, 0.2) is 0 Å². The van der Waals surface area contributed by atoms with Crippen molar-refractivity contribution in [1.82, 2.24) is 0 Å². The van der Waals surface area contributed by atoms with Crippen molar-refractivity contribution in [2.45, 2.75) is 26.7 Å². The summed E-state index contributed by atoms with van der Waals surface area (Å²) in [4.78, 5) is 28.7. The summed E-state index contributed by atoms with van der Waals surface area (Å²) in [5.74, 6) is 0.279. The minimum absolute atomic E-state index is 0.0135. The Morgan fingerprint density at radius 1 is 1.13 bits per heavy atom. The minimum atomic E-state index is -0.0760. The van der Waals surface area contributed by atoms with E-state index in [2.05, 4.69) is 6.92 Å². The summed E-state index contributed by atoms with van der Waals surface area (Å²) in [6.07, 6.45) is 1.81. The highest BCUT2D eigenvalue weighted by Gasteiger charge is 2.33. The third kappa shape index (κ3) is 3.24. The highest BCUT2D eigenvalue weighted by Crippen LogP contribution is 2.35. The van der Waals surface area contributed by atoms with Crippen LogP contribution < -0.4 is 9.80 Å². The van der Waals surface area contributed by atoms with Gasteiger partial charge in [-0.1, -0.05) is 19.1 Å². The van der Waals surface area contributed by atoms with Gasteiger partial charge in [-0.2, -0.15) is 0 Å². The van der Waals surface area contributed by atoms with E-state index < -0.39 is 0 Å². The third-order valence-corrected chi connectivity index (χ3v) is 4.61. The van der Waals surface area contributed by atoms with E-state index in [4.69, 9.17) is 4.74 Å². The van der Waals surface area contributed by atoms with Crippen molar-refractivity contribution < 1.29 is 14.3 Å². The van der Waals surface area contributed by atoms with Crippen LogP contribution in [0.25, 0.3) is 0 Å². The summed E-state index contributed by atoms with van der Waals surface area (Å²) in [6, 6.07) is 7.69. The van der Waals surface area contributed by atoms with Crippen LogP contribution in [-0.2, 0) is 14.3 Å². The van der Waals surface area contributed by atoms with Crippen LogP contribution in [0.3, 0.4) is 0 Å². The Morgan fingerprint density at radius 3 is 2.39 bits per heavy atom. The number of carbonyl (C=O) groups is 2. The maximum absolute atomic E-state index is 13.0. The SMILES string of the molecule is CC(=O)N1C[C@@H](C)CN(C(=O)[C@H]2CCCOC2)c2ccccc21. The molecule has 0 aromatic heterocycles. The van der Waals surface area contributed by atoms with Gasteiger partial charge >= 0.3 is 0 Å². The van der Waals surface area contributed by atoms with Gasteiger partial charge in [-0.25, -0.2) is 0 Å². The van der Waals surface area contributed by atoms with Gasteiger partial charge in [-0.05, 0) is 30.9 Å². The van der Waals surface area contributed by atoms with E-state index in [1.165, 1.54) is 0 Å². The highest BCUT2D eigenvalue weighted by molar-refractivity contribution is 6.03. The molecule has 2 aliphatic heterocycles. The number of para-hydroxylation sites is 2. The summed E-state index contributed by atoms with van der Waals surface area (Å²) >= 11 is 0. The predicted octanol–water partition coefficient (Wildman–Crippen LogP) is 2.45. The van der Waals surface area contributed by atoms with Crippen LogP contribution in [0.5, 0.6) is 0 Å². The van der Waals surface area contributed by atoms with Crippen LogP contribution >= 0.6 is 0 Å². The van der Waals surface area contributed by atoms with Crippen molar-refractivity contribution in [3.05, 3.63) is 24.3 Å². The van der Waals surface area contributed by atoms with Crippen molar-refractivity contribution in [1.29, 1.82) is 0 Å². The normalized spacial score (nSPS) is 24.8. The zero-order valence-electron chi connectivity index (χ0n) is 13.8. The number of amides is 2. The molecule has 1 fully saturated rings. The maximum atomic E-state index is 13.0. The number of ether oxygens (including phenoxy) is 1. The molecule has 0 saturated carbocycles. The molecular weight excluding hydrogens is 292 g/mol. The number of benzene rings is 1. The Balaban J connectivity index is 1.96. The molecule has 0 unspecified atom stereocenters. The quantitative estimate of drug-likeness (QED) is 0.799. The molecule has 3 rings (SSSR count). The zero-order valence-corrected chi connectivity index (χ0v) is 13.8. The molecule has 0 spiro atoms. The Bertz CT molecular complexity index is 596.